The highest BCUT2D eigenvalue weighted by Gasteiger charge is 2.11. The molecule has 0 aliphatic carbocycles. The van der Waals surface area contributed by atoms with Crippen molar-refractivity contribution in [1.82, 2.24) is 5.32 Å². The molecule has 0 atom stereocenters. The van der Waals surface area contributed by atoms with Crippen molar-refractivity contribution in [2.45, 2.75) is 39.5 Å². The Morgan fingerprint density at radius 3 is 2.21 bits per heavy atom. The largest absolute Gasteiger partial charge is 0.372 e. The van der Waals surface area contributed by atoms with E-state index in [1.165, 1.54) is 31.4 Å². The Hall–Kier alpha value is -2.82. The third-order valence-corrected chi connectivity index (χ3v) is 5.30. The first-order chi connectivity index (χ1) is 13.5. The van der Waals surface area contributed by atoms with Crippen LogP contribution in [0.15, 0.2) is 42.5 Å². The molecule has 1 heterocycles. The monoisotopic (exact) mass is 379 g/mol. The van der Waals surface area contributed by atoms with E-state index in [1.54, 1.807) is 6.07 Å². The first kappa shape index (κ1) is 19.9. The van der Waals surface area contributed by atoms with Gasteiger partial charge in [-0.3, -0.25) is 9.59 Å². The normalized spacial score (nSPS) is 14.3. The first-order valence-electron chi connectivity index (χ1n) is 10.0. The molecule has 3 rings (SSSR count). The maximum atomic E-state index is 12.2. The lowest BCUT2D eigenvalue weighted by Crippen LogP contribution is -2.32. The number of nitrogens with one attached hydrogen (secondary N) is 2. The molecule has 2 aromatic rings. The molecule has 5 heteroatoms. The smallest absolute Gasteiger partial charge is 0.251 e. The van der Waals surface area contributed by atoms with E-state index in [1.807, 2.05) is 38.1 Å². The van der Waals surface area contributed by atoms with Gasteiger partial charge in [0.1, 0.15) is 0 Å². The number of aryl methyl sites for hydroxylation is 2. The fourth-order valence-corrected chi connectivity index (χ4v) is 3.43. The van der Waals surface area contributed by atoms with E-state index in [2.05, 4.69) is 27.7 Å². The van der Waals surface area contributed by atoms with Crippen molar-refractivity contribution in [3.05, 3.63) is 59.2 Å². The molecule has 2 aromatic carbocycles. The van der Waals surface area contributed by atoms with Crippen LogP contribution in [0.5, 0.6) is 0 Å². The van der Waals surface area contributed by atoms with Gasteiger partial charge in [0.05, 0.1) is 6.54 Å². The standard InChI is InChI=1S/C23H29N3O2/c1-17-7-8-19(15-18(17)2)23(28)24-16-22(27)25-20-9-11-21(12-10-20)26-13-5-3-4-6-14-26/h7-12,15H,3-6,13-14,16H2,1-2H3,(H,24,28)(H,25,27). The van der Waals surface area contributed by atoms with Gasteiger partial charge >= 0.3 is 0 Å². The number of rotatable bonds is 5. The predicted molar refractivity (Wildman–Crippen MR) is 114 cm³/mol. The third kappa shape index (κ3) is 5.35. The minimum atomic E-state index is -0.241. The van der Waals surface area contributed by atoms with E-state index in [0.717, 1.165) is 29.9 Å². The molecule has 0 radical (unpaired) electrons. The zero-order valence-electron chi connectivity index (χ0n) is 16.8. The molecule has 1 fully saturated rings. The Bertz CT molecular complexity index is 822. The summed E-state index contributed by atoms with van der Waals surface area (Å²) in [6.07, 6.45) is 5.08. The minimum absolute atomic E-state index is 0.0559. The quantitative estimate of drug-likeness (QED) is 0.824. The van der Waals surface area contributed by atoms with Crippen LogP contribution in [0.25, 0.3) is 0 Å². The summed E-state index contributed by atoms with van der Waals surface area (Å²) in [7, 11) is 0. The summed E-state index contributed by atoms with van der Waals surface area (Å²) in [5, 5.41) is 5.52. The van der Waals surface area contributed by atoms with E-state index in [4.69, 9.17) is 0 Å². The summed E-state index contributed by atoms with van der Waals surface area (Å²) >= 11 is 0. The number of amides is 2. The number of carbonyl (C=O) groups excluding carboxylic acids is 2. The summed E-state index contributed by atoms with van der Waals surface area (Å²) in [5.41, 5.74) is 4.70. The fourth-order valence-electron chi connectivity index (χ4n) is 3.43. The average Bonchev–Trinajstić information content (AvgIpc) is 2.98. The molecule has 148 valence electrons. The van der Waals surface area contributed by atoms with Crippen LogP contribution in [0, 0.1) is 13.8 Å². The Morgan fingerprint density at radius 2 is 1.57 bits per heavy atom. The van der Waals surface area contributed by atoms with Crippen LogP contribution in [0.3, 0.4) is 0 Å². The SMILES string of the molecule is Cc1ccc(C(=O)NCC(=O)Nc2ccc(N3CCCCCC3)cc2)cc1C. The zero-order chi connectivity index (χ0) is 19.9. The van der Waals surface area contributed by atoms with Crippen LogP contribution >= 0.6 is 0 Å². The number of nitrogens with zero attached hydrogens (tertiary/aromatic N) is 1. The lowest BCUT2D eigenvalue weighted by Gasteiger charge is -2.22. The van der Waals surface area contributed by atoms with Gasteiger partial charge in [-0.25, -0.2) is 0 Å². The molecule has 0 aromatic heterocycles. The van der Waals surface area contributed by atoms with Crippen LogP contribution in [0.4, 0.5) is 11.4 Å². The van der Waals surface area contributed by atoms with E-state index in [9.17, 15) is 9.59 Å². The second-order valence-corrected chi connectivity index (χ2v) is 7.48. The van der Waals surface area contributed by atoms with Gasteiger partial charge in [0.25, 0.3) is 5.91 Å². The molecular formula is C23H29N3O2. The van der Waals surface area contributed by atoms with Gasteiger partial charge in [-0.2, -0.15) is 0 Å². The van der Waals surface area contributed by atoms with Crippen molar-refractivity contribution in [3.8, 4) is 0 Å². The zero-order valence-corrected chi connectivity index (χ0v) is 16.8. The van der Waals surface area contributed by atoms with Crippen LogP contribution in [-0.4, -0.2) is 31.4 Å². The fraction of sp³-hybridized carbons (Fsp3) is 0.391. The molecule has 2 N–H and O–H groups in total. The summed E-state index contributed by atoms with van der Waals surface area (Å²) in [5.74, 6) is -0.477. The topological polar surface area (TPSA) is 61.4 Å². The molecular weight excluding hydrogens is 350 g/mol. The molecule has 28 heavy (non-hydrogen) atoms. The Balaban J connectivity index is 1.50. The summed E-state index contributed by atoms with van der Waals surface area (Å²) in [4.78, 5) is 26.8. The summed E-state index contributed by atoms with van der Waals surface area (Å²) in [6.45, 7) is 6.10. The van der Waals surface area contributed by atoms with E-state index in [-0.39, 0.29) is 18.4 Å². The maximum absolute atomic E-state index is 12.2. The van der Waals surface area contributed by atoms with Gasteiger partial charge in [0.2, 0.25) is 5.91 Å². The second-order valence-electron chi connectivity index (χ2n) is 7.48. The van der Waals surface area contributed by atoms with Gasteiger partial charge in [-0.05, 0) is 74.2 Å². The summed E-state index contributed by atoms with van der Waals surface area (Å²) < 4.78 is 0. The van der Waals surface area contributed by atoms with Crippen LogP contribution in [0.1, 0.15) is 47.2 Å². The van der Waals surface area contributed by atoms with Crippen LogP contribution in [0.2, 0.25) is 0 Å². The molecule has 5 nitrogen and oxygen atoms in total. The van der Waals surface area contributed by atoms with Gasteiger partial charge in [0.15, 0.2) is 0 Å². The molecule has 0 unspecified atom stereocenters. The molecule has 1 saturated heterocycles. The summed E-state index contributed by atoms with van der Waals surface area (Å²) in [6, 6.07) is 13.5. The lowest BCUT2D eigenvalue weighted by atomic mass is 10.1. The van der Waals surface area contributed by atoms with E-state index >= 15 is 0 Å². The van der Waals surface area contributed by atoms with E-state index in [0.29, 0.717) is 5.56 Å². The highest BCUT2D eigenvalue weighted by Crippen LogP contribution is 2.21. The highest BCUT2D eigenvalue weighted by atomic mass is 16.2. The van der Waals surface area contributed by atoms with Crippen molar-refractivity contribution < 1.29 is 9.59 Å². The number of carbonyl (C=O) groups is 2. The third-order valence-electron chi connectivity index (χ3n) is 5.30. The number of hydrogen-bond acceptors (Lipinski definition) is 3. The van der Waals surface area contributed by atoms with Gasteiger partial charge < -0.3 is 15.5 Å². The molecule has 1 aliphatic heterocycles. The van der Waals surface area contributed by atoms with E-state index < -0.39 is 0 Å². The van der Waals surface area contributed by atoms with Crippen LogP contribution in [-0.2, 0) is 4.79 Å². The van der Waals surface area contributed by atoms with Gasteiger partial charge in [-0.15, -0.1) is 0 Å². The highest BCUT2D eigenvalue weighted by molar-refractivity contribution is 5.99. The lowest BCUT2D eigenvalue weighted by molar-refractivity contribution is -0.115. The Kier molecular flexibility index (Phi) is 6.69. The van der Waals surface area contributed by atoms with Crippen LogP contribution < -0.4 is 15.5 Å². The van der Waals surface area contributed by atoms with Crippen molar-refractivity contribution >= 4 is 23.2 Å². The number of benzene rings is 2. The van der Waals surface area contributed by atoms with Crippen molar-refractivity contribution in [2.24, 2.45) is 0 Å². The second kappa shape index (κ2) is 9.40. The van der Waals surface area contributed by atoms with Crippen molar-refractivity contribution in [2.75, 3.05) is 29.9 Å². The first-order valence-corrected chi connectivity index (χ1v) is 10.0. The average molecular weight is 380 g/mol. The molecule has 0 bridgehead atoms. The molecule has 2 amide bonds. The number of anilines is 2. The van der Waals surface area contributed by atoms with Crippen molar-refractivity contribution in [3.63, 3.8) is 0 Å². The van der Waals surface area contributed by atoms with Gasteiger partial charge in [-0.1, -0.05) is 18.9 Å². The van der Waals surface area contributed by atoms with Crippen molar-refractivity contribution in [1.29, 1.82) is 0 Å². The molecule has 1 aliphatic rings. The number of hydrogen-bond donors (Lipinski definition) is 2. The maximum Gasteiger partial charge on any atom is 0.251 e. The Labute approximate surface area is 167 Å². The van der Waals surface area contributed by atoms with Gasteiger partial charge in [0, 0.05) is 30.0 Å². The Morgan fingerprint density at radius 1 is 0.893 bits per heavy atom. The molecule has 0 spiro atoms. The predicted octanol–water partition coefficient (Wildman–Crippen LogP) is 4.05. The minimum Gasteiger partial charge on any atom is -0.372 e. The molecule has 0 saturated carbocycles.